The standard InChI is InChI=1S/C26H27N7O2/c1-18-20(9-10-23(27)32-18)15-30-24(34)17-33-22(21-8-5-12-28-14-21)16-31-25(26(33)35)29-13-11-19-6-3-2-4-7-19/h2-10,12,14,16H,11,13,15,17H2,1H3,(H2,27,32)(H,29,31)(H,30,34). The van der Waals surface area contributed by atoms with E-state index in [0.717, 1.165) is 23.2 Å². The summed E-state index contributed by atoms with van der Waals surface area (Å²) in [7, 11) is 0. The van der Waals surface area contributed by atoms with E-state index in [4.69, 9.17) is 5.73 Å². The molecule has 0 spiro atoms. The quantitative estimate of drug-likeness (QED) is 0.344. The maximum Gasteiger partial charge on any atom is 0.294 e. The number of aryl methyl sites for hydroxylation is 1. The molecule has 9 nitrogen and oxygen atoms in total. The first-order valence-corrected chi connectivity index (χ1v) is 11.3. The molecule has 35 heavy (non-hydrogen) atoms. The van der Waals surface area contributed by atoms with E-state index in [9.17, 15) is 9.59 Å². The molecule has 3 aromatic heterocycles. The Morgan fingerprint density at radius 2 is 1.89 bits per heavy atom. The number of nitrogens with two attached hydrogens (primary N) is 1. The van der Waals surface area contributed by atoms with Gasteiger partial charge in [-0.2, -0.15) is 0 Å². The highest BCUT2D eigenvalue weighted by Crippen LogP contribution is 2.17. The van der Waals surface area contributed by atoms with E-state index < -0.39 is 0 Å². The minimum absolute atomic E-state index is 0.166. The van der Waals surface area contributed by atoms with Crippen molar-refractivity contribution in [3.05, 3.63) is 100 Å². The Morgan fingerprint density at radius 3 is 2.63 bits per heavy atom. The summed E-state index contributed by atoms with van der Waals surface area (Å²) in [5.74, 6) is 0.309. The van der Waals surface area contributed by atoms with Crippen molar-refractivity contribution in [1.82, 2.24) is 24.8 Å². The van der Waals surface area contributed by atoms with Gasteiger partial charge >= 0.3 is 0 Å². The lowest BCUT2D eigenvalue weighted by Gasteiger charge is -2.15. The molecule has 178 valence electrons. The Kier molecular flexibility index (Phi) is 7.47. The van der Waals surface area contributed by atoms with Crippen LogP contribution in [0.25, 0.3) is 11.3 Å². The smallest absolute Gasteiger partial charge is 0.294 e. The van der Waals surface area contributed by atoms with Crippen molar-refractivity contribution in [1.29, 1.82) is 0 Å². The monoisotopic (exact) mass is 469 g/mol. The SMILES string of the molecule is Cc1nc(N)ccc1CNC(=O)Cn1c(-c2cccnc2)cnc(NCCc2ccccc2)c1=O. The first-order chi connectivity index (χ1) is 17.0. The van der Waals surface area contributed by atoms with Crippen molar-refractivity contribution in [2.45, 2.75) is 26.4 Å². The van der Waals surface area contributed by atoms with Crippen LogP contribution in [-0.2, 0) is 24.3 Å². The van der Waals surface area contributed by atoms with E-state index in [-0.39, 0.29) is 30.4 Å². The van der Waals surface area contributed by atoms with Gasteiger partial charge < -0.3 is 16.4 Å². The molecule has 1 amide bonds. The number of carbonyl (C=O) groups excluding carboxylic acids is 1. The molecule has 0 aliphatic rings. The first-order valence-electron chi connectivity index (χ1n) is 11.3. The number of pyridine rings is 2. The summed E-state index contributed by atoms with van der Waals surface area (Å²) < 4.78 is 1.41. The number of carbonyl (C=O) groups is 1. The second-order valence-electron chi connectivity index (χ2n) is 8.04. The number of hydrogen-bond donors (Lipinski definition) is 3. The molecular weight excluding hydrogens is 442 g/mol. The van der Waals surface area contributed by atoms with Gasteiger partial charge in [-0.15, -0.1) is 0 Å². The maximum atomic E-state index is 13.3. The highest BCUT2D eigenvalue weighted by molar-refractivity contribution is 5.77. The molecule has 4 N–H and O–H groups in total. The lowest BCUT2D eigenvalue weighted by Crippen LogP contribution is -2.34. The predicted molar refractivity (Wildman–Crippen MR) is 136 cm³/mol. The van der Waals surface area contributed by atoms with Crippen molar-refractivity contribution in [2.75, 3.05) is 17.6 Å². The minimum Gasteiger partial charge on any atom is -0.384 e. The maximum absolute atomic E-state index is 13.3. The summed E-state index contributed by atoms with van der Waals surface area (Å²) in [5.41, 5.74) is 9.28. The van der Waals surface area contributed by atoms with Crippen LogP contribution in [0, 0.1) is 6.92 Å². The molecule has 4 rings (SSSR count). The number of hydrogen-bond acceptors (Lipinski definition) is 7. The summed E-state index contributed by atoms with van der Waals surface area (Å²) in [5, 5.41) is 5.97. The van der Waals surface area contributed by atoms with Gasteiger partial charge in [-0.05, 0) is 42.7 Å². The Morgan fingerprint density at radius 1 is 1.06 bits per heavy atom. The average Bonchev–Trinajstić information content (AvgIpc) is 2.87. The molecule has 0 unspecified atom stereocenters. The summed E-state index contributed by atoms with van der Waals surface area (Å²) >= 11 is 0. The van der Waals surface area contributed by atoms with Crippen LogP contribution >= 0.6 is 0 Å². The van der Waals surface area contributed by atoms with Crippen molar-refractivity contribution in [3.8, 4) is 11.3 Å². The fraction of sp³-hybridized carbons (Fsp3) is 0.192. The number of nitrogens with one attached hydrogen (secondary N) is 2. The highest BCUT2D eigenvalue weighted by atomic mass is 16.2. The molecule has 0 radical (unpaired) electrons. The predicted octanol–water partition coefficient (Wildman–Crippen LogP) is 2.56. The fourth-order valence-electron chi connectivity index (χ4n) is 3.67. The van der Waals surface area contributed by atoms with Crippen molar-refractivity contribution in [2.24, 2.45) is 0 Å². The van der Waals surface area contributed by atoms with Crippen LogP contribution in [-0.4, -0.2) is 32.0 Å². The number of anilines is 2. The van der Waals surface area contributed by atoms with Gasteiger partial charge in [0.2, 0.25) is 5.91 Å². The van der Waals surface area contributed by atoms with Crippen LogP contribution in [0.2, 0.25) is 0 Å². The fourth-order valence-corrected chi connectivity index (χ4v) is 3.67. The van der Waals surface area contributed by atoms with Gasteiger partial charge in [0, 0.05) is 36.7 Å². The first kappa shape index (κ1) is 23.6. The van der Waals surface area contributed by atoms with E-state index in [1.807, 2.05) is 49.4 Å². The second-order valence-corrected chi connectivity index (χ2v) is 8.04. The van der Waals surface area contributed by atoms with Crippen LogP contribution in [0.5, 0.6) is 0 Å². The largest absolute Gasteiger partial charge is 0.384 e. The minimum atomic E-state index is -0.375. The molecule has 1 aromatic carbocycles. The van der Waals surface area contributed by atoms with Crippen LogP contribution in [0.15, 0.2) is 78.0 Å². The normalized spacial score (nSPS) is 10.7. The van der Waals surface area contributed by atoms with Gasteiger partial charge in [-0.1, -0.05) is 36.4 Å². The van der Waals surface area contributed by atoms with E-state index in [1.165, 1.54) is 4.57 Å². The summed E-state index contributed by atoms with van der Waals surface area (Å²) in [6.07, 6.45) is 5.61. The van der Waals surface area contributed by atoms with Gasteiger partial charge in [0.05, 0.1) is 11.9 Å². The third kappa shape index (κ3) is 6.08. The number of amides is 1. The molecule has 0 aliphatic carbocycles. The van der Waals surface area contributed by atoms with Crippen molar-refractivity contribution in [3.63, 3.8) is 0 Å². The number of nitrogens with zero attached hydrogens (tertiary/aromatic N) is 4. The van der Waals surface area contributed by atoms with Crippen LogP contribution in [0.4, 0.5) is 11.6 Å². The molecule has 0 atom stereocenters. The zero-order valence-electron chi connectivity index (χ0n) is 19.4. The van der Waals surface area contributed by atoms with Gasteiger partial charge in [0.15, 0.2) is 5.82 Å². The number of aromatic nitrogens is 4. The van der Waals surface area contributed by atoms with Gasteiger partial charge in [0.25, 0.3) is 5.56 Å². The van der Waals surface area contributed by atoms with Gasteiger partial charge in [-0.25, -0.2) is 9.97 Å². The number of rotatable bonds is 9. The molecule has 0 bridgehead atoms. The average molecular weight is 470 g/mol. The summed E-state index contributed by atoms with van der Waals surface area (Å²) in [6.45, 7) is 2.48. The molecule has 0 aliphatic heterocycles. The molecule has 4 aromatic rings. The lowest BCUT2D eigenvalue weighted by molar-refractivity contribution is -0.121. The van der Waals surface area contributed by atoms with Crippen LogP contribution in [0.1, 0.15) is 16.8 Å². The third-order valence-corrected chi connectivity index (χ3v) is 5.56. The molecule has 0 saturated heterocycles. The molecule has 3 heterocycles. The molecule has 0 fully saturated rings. The lowest BCUT2D eigenvalue weighted by atomic mass is 10.1. The van der Waals surface area contributed by atoms with Crippen molar-refractivity contribution >= 4 is 17.5 Å². The summed E-state index contributed by atoms with van der Waals surface area (Å²) in [6, 6.07) is 17.1. The van der Waals surface area contributed by atoms with E-state index in [2.05, 4.69) is 25.6 Å². The molecule has 9 heteroatoms. The van der Waals surface area contributed by atoms with E-state index in [0.29, 0.717) is 23.6 Å². The third-order valence-electron chi connectivity index (χ3n) is 5.56. The Bertz CT molecular complexity index is 1360. The van der Waals surface area contributed by atoms with Gasteiger partial charge in [0.1, 0.15) is 12.4 Å². The van der Waals surface area contributed by atoms with E-state index >= 15 is 0 Å². The highest BCUT2D eigenvalue weighted by Gasteiger charge is 2.15. The van der Waals surface area contributed by atoms with Gasteiger partial charge in [-0.3, -0.25) is 19.1 Å². The Balaban J connectivity index is 1.53. The van der Waals surface area contributed by atoms with E-state index in [1.54, 1.807) is 30.7 Å². The van der Waals surface area contributed by atoms with Crippen LogP contribution in [0.3, 0.4) is 0 Å². The number of nitrogen functional groups attached to an aromatic ring is 1. The second kappa shape index (κ2) is 11.1. The summed E-state index contributed by atoms with van der Waals surface area (Å²) in [4.78, 5) is 38.8. The Hall–Kier alpha value is -4.53. The molecular formula is C26H27N7O2. The molecule has 0 saturated carbocycles. The zero-order valence-corrected chi connectivity index (χ0v) is 19.4. The Labute approximate surface area is 203 Å². The van der Waals surface area contributed by atoms with Crippen LogP contribution < -0.4 is 21.9 Å². The van der Waals surface area contributed by atoms with Crippen molar-refractivity contribution < 1.29 is 4.79 Å². The zero-order chi connectivity index (χ0) is 24.6. The number of benzene rings is 1. The topological polar surface area (TPSA) is 128 Å².